The Morgan fingerprint density at radius 1 is 0.769 bits per heavy atom. The molecule has 2 rings (SSSR count). The van der Waals surface area contributed by atoms with Gasteiger partial charge in [-0.05, 0) is 42.9 Å². The van der Waals surface area contributed by atoms with E-state index in [9.17, 15) is 39.6 Å². The highest BCUT2D eigenvalue weighted by Gasteiger charge is 2.37. The number of carboxylic acids is 4. The zero-order valence-corrected chi connectivity index (χ0v) is 23.4. The second-order valence-corrected chi connectivity index (χ2v) is 11.5. The topological polar surface area (TPSA) is 159 Å². The molecule has 1 aromatic rings. The summed E-state index contributed by atoms with van der Waals surface area (Å²) < 4.78 is 0. The van der Waals surface area contributed by atoms with Crippen LogP contribution in [0, 0.1) is 0 Å². The van der Waals surface area contributed by atoms with Crippen molar-refractivity contribution in [3.05, 3.63) is 35.4 Å². The van der Waals surface area contributed by atoms with E-state index in [0.29, 0.717) is 19.3 Å². The molecule has 1 saturated carbocycles. The Kier molecular flexibility index (Phi) is 11.9. The largest absolute Gasteiger partial charge is 0.480 e. The Balaban J connectivity index is 2.40. The van der Waals surface area contributed by atoms with Crippen LogP contribution < -0.4 is 0 Å². The van der Waals surface area contributed by atoms with Crippen molar-refractivity contribution >= 4 is 23.9 Å². The molecule has 3 unspecified atom stereocenters. The van der Waals surface area contributed by atoms with Gasteiger partial charge in [0, 0.05) is 24.7 Å². The van der Waals surface area contributed by atoms with Crippen molar-refractivity contribution in [2.75, 3.05) is 39.8 Å². The van der Waals surface area contributed by atoms with Crippen molar-refractivity contribution in [1.29, 1.82) is 0 Å². The number of likely N-dealkylation sites (N-methyl/N-ethyl adjacent to an activating group) is 1. The van der Waals surface area contributed by atoms with Crippen molar-refractivity contribution in [3.63, 3.8) is 0 Å². The van der Waals surface area contributed by atoms with E-state index in [4.69, 9.17) is 0 Å². The molecule has 0 amide bonds. The lowest BCUT2D eigenvalue weighted by Gasteiger charge is -2.45. The molecule has 1 aliphatic rings. The molecule has 11 nitrogen and oxygen atoms in total. The summed E-state index contributed by atoms with van der Waals surface area (Å²) in [5.41, 5.74) is 2.12. The molecule has 0 spiro atoms. The summed E-state index contributed by atoms with van der Waals surface area (Å²) in [6, 6.07) is 6.91. The van der Waals surface area contributed by atoms with E-state index in [-0.39, 0.29) is 31.1 Å². The number of hydrogen-bond acceptors (Lipinski definition) is 7. The molecular formula is C28H43N3O8. The van der Waals surface area contributed by atoms with E-state index in [1.165, 1.54) is 4.90 Å². The number of carboxylic acid groups (broad SMARTS) is 4. The molecule has 1 aliphatic carbocycles. The third kappa shape index (κ3) is 10.6. The molecule has 11 heteroatoms. The second-order valence-electron chi connectivity index (χ2n) is 11.5. The monoisotopic (exact) mass is 549 g/mol. The van der Waals surface area contributed by atoms with Gasteiger partial charge in [-0.15, -0.1) is 0 Å². The molecule has 1 fully saturated rings. The van der Waals surface area contributed by atoms with E-state index in [1.807, 2.05) is 24.3 Å². The maximum Gasteiger partial charge on any atom is 0.317 e. The highest BCUT2D eigenvalue weighted by Crippen LogP contribution is 2.29. The van der Waals surface area contributed by atoms with Crippen molar-refractivity contribution in [3.8, 4) is 0 Å². The van der Waals surface area contributed by atoms with Crippen LogP contribution in [-0.2, 0) is 31.0 Å². The van der Waals surface area contributed by atoms with Gasteiger partial charge < -0.3 is 20.4 Å². The van der Waals surface area contributed by atoms with Gasteiger partial charge in [0.25, 0.3) is 0 Å². The highest BCUT2D eigenvalue weighted by atomic mass is 16.4. The number of nitrogens with zero attached hydrogens (tertiary/aromatic N) is 3. The van der Waals surface area contributed by atoms with E-state index in [2.05, 4.69) is 20.8 Å². The molecule has 0 radical (unpaired) electrons. The highest BCUT2D eigenvalue weighted by molar-refractivity contribution is 5.73. The molecule has 3 atom stereocenters. The molecular weight excluding hydrogens is 506 g/mol. The molecule has 0 aromatic heterocycles. The summed E-state index contributed by atoms with van der Waals surface area (Å²) in [6.45, 7) is 5.11. The zero-order valence-electron chi connectivity index (χ0n) is 23.4. The predicted molar refractivity (Wildman–Crippen MR) is 145 cm³/mol. The predicted octanol–water partition coefficient (Wildman–Crippen LogP) is 2.08. The first-order valence-corrected chi connectivity index (χ1v) is 13.3. The summed E-state index contributed by atoms with van der Waals surface area (Å²) in [6.07, 6.45) is 3.19. The van der Waals surface area contributed by atoms with Gasteiger partial charge in [0.2, 0.25) is 0 Å². The quantitative estimate of drug-likeness (QED) is 0.254. The molecule has 218 valence electrons. The van der Waals surface area contributed by atoms with E-state index in [1.54, 1.807) is 16.8 Å². The molecule has 0 heterocycles. The first-order chi connectivity index (χ1) is 18.2. The number of benzene rings is 1. The fourth-order valence-electron chi connectivity index (χ4n) is 5.46. The van der Waals surface area contributed by atoms with E-state index in [0.717, 1.165) is 24.0 Å². The molecule has 0 aliphatic heterocycles. The van der Waals surface area contributed by atoms with Crippen LogP contribution in [0.25, 0.3) is 0 Å². The smallest absolute Gasteiger partial charge is 0.317 e. The number of hydrogen-bond donors (Lipinski definition) is 4. The number of carbonyl (C=O) groups is 4. The first-order valence-electron chi connectivity index (χ1n) is 13.3. The van der Waals surface area contributed by atoms with Crippen LogP contribution in [0.5, 0.6) is 0 Å². The van der Waals surface area contributed by atoms with Gasteiger partial charge in [-0.3, -0.25) is 33.9 Å². The minimum Gasteiger partial charge on any atom is -0.480 e. The van der Waals surface area contributed by atoms with Gasteiger partial charge >= 0.3 is 23.9 Å². The van der Waals surface area contributed by atoms with Crippen LogP contribution in [0.15, 0.2) is 24.3 Å². The zero-order chi connectivity index (χ0) is 29.3. The summed E-state index contributed by atoms with van der Waals surface area (Å²) in [7, 11) is 1.70. The van der Waals surface area contributed by atoms with Gasteiger partial charge in [0.05, 0.1) is 26.2 Å². The van der Waals surface area contributed by atoms with Crippen LogP contribution in [-0.4, -0.2) is 117 Å². The average Bonchev–Trinajstić information content (AvgIpc) is 2.81. The van der Waals surface area contributed by atoms with Crippen LogP contribution in [0.2, 0.25) is 0 Å². The van der Waals surface area contributed by atoms with E-state index >= 15 is 0 Å². The Hall–Kier alpha value is -3.02. The first kappa shape index (κ1) is 32.2. The average molecular weight is 550 g/mol. The maximum atomic E-state index is 12.0. The summed E-state index contributed by atoms with van der Waals surface area (Å²) in [5.74, 6) is -4.36. The standard InChI is InChI=1S/C28H43N3O8/c1-28(2,3)20-11-9-19(10-12-20)13-21(29(4)15-24(32)33)14-30(16-25(34)35)22-7-5-6-8-23(22)31(17-26(36)37)18-27(38)39/h9-12,21-23H,5-8,13-18H2,1-4H3,(H,32,33)(H,34,35)(H,36,37)(H,38,39). The minimum absolute atomic E-state index is 0.0237. The second kappa shape index (κ2) is 14.4. The normalized spacial score (nSPS) is 18.8. The maximum absolute atomic E-state index is 12.0. The summed E-state index contributed by atoms with van der Waals surface area (Å²) in [4.78, 5) is 51.5. The van der Waals surface area contributed by atoms with Gasteiger partial charge in [0.1, 0.15) is 0 Å². The SMILES string of the molecule is CN(CC(=O)O)C(Cc1ccc(C(C)(C)C)cc1)CN(CC(=O)O)C1CCCCC1N(CC(=O)O)CC(=O)O. The Morgan fingerprint density at radius 2 is 1.21 bits per heavy atom. The fourth-order valence-corrected chi connectivity index (χ4v) is 5.46. The van der Waals surface area contributed by atoms with Crippen molar-refractivity contribution in [2.24, 2.45) is 0 Å². The lowest BCUT2D eigenvalue weighted by molar-refractivity contribution is -0.146. The fraction of sp³-hybridized carbons (Fsp3) is 0.643. The van der Waals surface area contributed by atoms with Crippen LogP contribution >= 0.6 is 0 Å². The molecule has 0 saturated heterocycles. The summed E-state index contributed by atoms with van der Waals surface area (Å²) >= 11 is 0. The lowest BCUT2D eigenvalue weighted by atomic mass is 9.86. The lowest BCUT2D eigenvalue weighted by Crippen LogP contribution is -2.59. The number of rotatable bonds is 15. The van der Waals surface area contributed by atoms with Crippen LogP contribution in [0.1, 0.15) is 57.6 Å². The molecule has 0 bridgehead atoms. The van der Waals surface area contributed by atoms with E-state index < -0.39 is 49.1 Å². The molecule has 4 N–H and O–H groups in total. The molecule has 39 heavy (non-hydrogen) atoms. The van der Waals surface area contributed by atoms with Gasteiger partial charge in [-0.1, -0.05) is 57.9 Å². The number of aliphatic carboxylic acids is 4. The van der Waals surface area contributed by atoms with Crippen molar-refractivity contribution in [2.45, 2.75) is 76.4 Å². The molecule has 1 aromatic carbocycles. The van der Waals surface area contributed by atoms with Gasteiger partial charge in [-0.25, -0.2) is 0 Å². The van der Waals surface area contributed by atoms with Crippen LogP contribution in [0.3, 0.4) is 0 Å². The Labute approximate surface area is 230 Å². The third-order valence-corrected chi connectivity index (χ3v) is 7.39. The Morgan fingerprint density at radius 3 is 1.64 bits per heavy atom. The Bertz CT molecular complexity index is 976. The third-order valence-electron chi connectivity index (χ3n) is 7.39. The summed E-state index contributed by atoms with van der Waals surface area (Å²) in [5, 5.41) is 38.1. The van der Waals surface area contributed by atoms with Crippen molar-refractivity contribution in [1.82, 2.24) is 14.7 Å². The van der Waals surface area contributed by atoms with Crippen molar-refractivity contribution < 1.29 is 39.6 Å². The van der Waals surface area contributed by atoms with Gasteiger partial charge in [-0.2, -0.15) is 0 Å². The minimum atomic E-state index is -1.15. The van der Waals surface area contributed by atoms with Gasteiger partial charge in [0.15, 0.2) is 0 Å². The van der Waals surface area contributed by atoms with Crippen LogP contribution in [0.4, 0.5) is 0 Å².